The highest BCUT2D eigenvalue weighted by Gasteiger charge is 2.33. The molecule has 0 amide bonds. The zero-order valence-electron chi connectivity index (χ0n) is 7.45. The third-order valence-corrected chi connectivity index (χ3v) is 2.24. The van der Waals surface area contributed by atoms with Gasteiger partial charge in [-0.3, -0.25) is 0 Å². The van der Waals surface area contributed by atoms with Crippen LogP contribution in [-0.4, -0.2) is 7.05 Å². The quantitative estimate of drug-likeness (QED) is 0.868. The molecule has 1 nitrogen and oxygen atoms in total. The normalized spacial score (nSPS) is 11.8. The maximum Gasteiger partial charge on any atom is 0.416 e. The zero-order valence-corrected chi connectivity index (χ0v) is 9.04. The Morgan fingerprint density at radius 1 is 1.36 bits per heavy atom. The SMILES string of the molecule is CNCc1ccc(Br)cc1C(F)(F)F. The summed E-state index contributed by atoms with van der Waals surface area (Å²) in [6, 6.07) is 4.15. The summed E-state index contributed by atoms with van der Waals surface area (Å²) >= 11 is 3.02. The monoisotopic (exact) mass is 267 g/mol. The van der Waals surface area contributed by atoms with Crippen LogP contribution < -0.4 is 5.32 Å². The van der Waals surface area contributed by atoms with E-state index in [1.165, 1.54) is 6.07 Å². The molecule has 0 bridgehead atoms. The fraction of sp³-hybridized carbons (Fsp3) is 0.333. The predicted molar refractivity (Wildman–Crippen MR) is 51.9 cm³/mol. The molecule has 0 aliphatic heterocycles. The Morgan fingerprint density at radius 3 is 2.50 bits per heavy atom. The maximum atomic E-state index is 12.5. The second kappa shape index (κ2) is 4.31. The van der Waals surface area contributed by atoms with E-state index in [1.807, 2.05) is 0 Å². The Hall–Kier alpha value is -0.550. The topological polar surface area (TPSA) is 12.0 Å². The molecule has 1 aromatic rings. The first-order valence-electron chi connectivity index (χ1n) is 3.95. The lowest BCUT2D eigenvalue weighted by molar-refractivity contribution is -0.138. The molecule has 0 fully saturated rings. The molecule has 1 rings (SSSR count). The summed E-state index contributed by atoms with van der Waals surface area (Å²) in [6.45, 7) is 0.210. The van der Waals surface area contributed by atoms with Crippen LogP contribution in [0.5, 0.6) is 0 Å². The van der Waals surface area contributed by atoms with Gasteiger partial charge in [0.05, 0.1) is 5.56 Å². The van der Waals surface area contributed by atoms with Crippen molar-refractivity contribution in [3.05, 3.63) is 33.8 Å². The minimum absolute atomic E-state index is 0.210. The first kappa shape index (κ1) is 11.5. The minimum atomic E-state index is -4.30. The number of hydrogen-bond donors (Lipinski definition) is 1. The van der Waals surface area contributed by atoms with Gasteiger partial charge in [-0.05, 0) is 24.7 Å². The molecule has 0 aliphatic carbocycles. The molecular weight excluding hydrogens is 259 g/mol. The highest BCUT2D eigenvalue weighted by Crippen LogP contribution is 2.33. The van der Waals surface area contributed by atoms with Crippen molar-refractivity contribution in [3.63, 3.8) is 0 Å². The molecule has 0 aromatic heterocycles. The van der Waals surface area contributed by atoms with Crippen LogP contribution in [0, 0.1) is 0 Å². The van der Waals surface area contributed by atoms with Gasteiger partial charge in [0.25, 0.3) is 0 Å². The molecule has 0 atom stereocenters. The van der Waals surface area contributed by atoms with E-state index >= 15 is 0 Å². The summed E-state index contributed by atoms with van der Waals surface area (Å²) < 4.78 is 37.9. The summed E-state index contributed by atoms with van der Waals surface area (Å²) in [7, 11) is 1.61. The van der Waals surface area contributed by atoms with E-state index in [4.69, 9.17) is 0 Å². The number of hydrogen-bond acceptors (Lipinski definition) is 1. The van der Waals surface area contributed by atoms with Gasteiger partial charge in [0.1, 0.15) is 0 Å². The highest BCUT2D eigenvalue weighted by molar-refractivity contribution is 9.10. The summed E-state index contributed by atoms with van der Waals surface area (Å²) in [6.07, 6.45) is -4.30. The Morgan fingerprint density at radius 2 is 2.00 bits per heavy atom. The molecule has 1 aromatic carbocycles. The van der Waals surface area contributed by atoms with Gasteiger partial charge >= 0.3 is 6.18 Å². The first-order valence-corrected chi connectivity index (χ1v) is 4.74. The van der Waals surface area contributed by atoms with Crippen LogP contribution in [0.1, 0.15) is 11.1 Å². The van der Waals surface area contributed by atoms with Gasteiger partial charge in [-0.15, -0.1) is 0 Å². The minimum Gasteiger partial charge on any atom is -0.316 e. The molecule has 0 radical (unpaired) electrons. The Kier molecular flexibility index (Phi) is 3.55. The number of halogens is 4. The van der Waals surface area contributed by atoms with Crippen LogP contribution in [0.3, 0.4) is 0 Å². The molecule has 0 saturated heterocycles. The van der Waals surface area contributed by atoms with Crippen molar-refractivity contribution in [1.82, 2.24) is 5.32 Å². The van der Waals surface area contributed by atoms with Crippen molar-refractivity contribution in [3.8, 4) is 0 Å². The average Bonchev–Trinajstić information content (AvgIpc) is 2.07. The van der Waals surface area contributed by atoms with E-state index in [1.54, 1.807) is 13.1 Å². The van der Waals surface area contributed by atoms with Gasteiger partial charge in [-0.25, -0.2) is 0 Å². The lowest BCUT2D eigenvalue weighted by Crippen LogP contribution is -2.14. The lowest BCUT2D eigenvalue weighted by Gasteiger charge is -2.12. The first-order chi connectivity index (χ1) is 6.45. The van der Waals surface area contributed by atoms with E-state index in [9.17, 15) is 13.2 Å². The Balaban J connectivity index is 3.16. The average molecular weight is 268 g/mol. The summed E-state index contributed by atoms with van der Waals surface area (Å²) in [5, 5.41) is 2.70. The van der Waals surface area contributed by atoms with Crippen LogP contribution in [0.2, 0.25) is 0 Å². The fourth-order valence-corrected chi connectivity index (χ4v) is 1.52. The second-order valence-corrected chi connectivity index (χ2v) is 3.75. The third kappa shape index (κ3) is 2.72. The van der Waals surface area contributed by atoms with Gasteiger partial charge in [0, 0.05) is 11.0 Å². The Bertz CT molecular complexity index is 322. The summed E-state index contributed by atoms with van der Waals surface area (Å²) in [4.78, 5) is 0. The lowest BCUT2D eigenvalue weighted by atomic mass is 10.1. The highest BCUT2D eigenvalue weighted by atomic mass is 79.9. The molecule has 0 aliphatic rings. The molecule has 5 heteroatoms. The molecule has 78 valence electrons. The zero-order chi connectivity index (χ0) is 10.8. The van der Waals surface area contributed by atoms with E-state index in [-0.39, 0.29) is 12.1 Å². The van der Waals surface area contributed by atoms with Crippen LogP contribution in [0.4, 0.5) is 13.2 Å². The number of rotatable bonds is 2. The van der Waals surface area contributed by atoms with E-state index in [2.05, 4.69) is 21.2 Å². The van der Waals surface area contributed by atoms with Gasteiger partial charge < -0.3 is 5.32 Å². The van der Waals surface area contributed by atoms with Crippen molar-refractivity contribution in [2.75, 3.05) is 7.05 Å². The molecule has 1 N–H and O–H groups in total. The largest absolute Gasteiger partial charge is 0.416 e. The van der Waals surface area contributed by atoms with Crippen molar-refractivity contribution < 1.29 is 13.2 Å². The van der Waals surface area contributed by atoms with Crippen molar-refractivity contribution in [1.29, 1.82) is 0 Å². The molecular formula is C9H9BrF3N. The molecule has 0 heterocycles. The molecule has 0 unspecified atom stereocenters. The van der Waals surface area contributed by atoms with Gasteiger partial charge in [-0.1, -0.05) is 22.0 Å². The van der Waals surface area contributed by atoms with Crippen LogP contribution in [0.25, 0.3) is 0 Å². The number of nitrogens with one attached hydrogen (secondary N) is 1. The summed E-state index contributed by atoms with van der Waals surface area (Å²) in [5.74, 6) is 0. The predicted octanol–water partition coefficient (Wildman–Crippen LogP) is 3.19. The van der Waals surface area contributed by atoms with Crippen molar-refractivity contribution >= 4 is 15.9 Å². The van der Waals surface area contributed by atoms with E-state index < -0.39 is 11.7 Å². The van der Waals surface area contributed by atoms with Gasteiger partial charge in [0.15, 0.2) is 0 Å². The fourth-order valence-electron chi connectivity index (χ4n) is 1.16. The van der Waals surface area contributed by atoms with Gasteiger partial charge in [-0.2, -0.15) is 13.2 Å². The van der Waals surface area contributed by atoms with Crippen molar-refractivity contribution in [2.24, 2.45) is 0 Å². The molecule has 14 heavy (non-hydrogen) atoms. The van der Waals surface area contributed by atoms with E-state index in [0.717, 1.165) is 6.07 Å². The van der Waals surface area contributed by atoms with Crippen LogP contribution in [0.15, 0.2) is 22.7 Å². The van der Waals surface area contributed by atoms with Crippen LogP contribution >= 0.6 is 15.9 Å². The molecule has 0 saturated carbocycles. The standard InChI is InChI=1S/C9H9BrF3N/c1-14-5-6-2-3-7(10)4-8(6)9(11,12)13/h2-4,14H,5H2,1H3. The maximum absolute atomic E-state index is 12.5. The summed E-state index contributed by atoms with van der Waals surface area (Å²) in [5.41, 5.74) is -0.343. The number of benzene rings is 1. The third-order valence-electron chi connectivity index (χ3n) is 1.74. The van der Waals surface area contributed by atoms with E-state index in [0.29, 0.717) is 4.47 Å². The van der Waals surface area contributed by atoms with Crippen LogP contribution in [-0.2, 0) is 12.7 Å². The second-order valence-electron chi connectivity index (χ2n) is 2.83. The molecule has 0 spiro atoms. The Labute approximate surface area is 88.4 Å². The smallest absolute Gasteiger partial charge is 0.316 e. The van der Waals surface area contributed by atoms with Crippen molar-refractivity contribution in [2.45, 2.75) is 12.7 Å². The number of alkyl halides is 3. The van der Waals surface area contributed by atoms with Gasteiger partial charge in [0.2, 0.25) is 0 Å².